The van der Waals surface area contributed by atoms with Crippen LogP contribution >= 0.6 is 23.1 Å². The number of rotatable bonds is 0. The summed E-state index contributed by atoms with van der Waals surface area (Å²) in [5.41, 5.74) is 1.14. The van der Waals surface area contributed by atoms with Gasteiger partial charge < -0.3 is 4.57 Å². The summed E-state index contributed by atoms with van der Waals surface area (Å²) in [5.74, 6) is 0. The van der Waals surface area contributed by atoms with Gasteiger partial charge in [0.25, 0.3) is 0 Å². The topological polar surface area (TPSA) is 53.4 Å². The molecule has 0 saturated carbocycles. The van der Waals surface area contributed by atoms with Gasteiger partial charge in [-0.25, -0.2) is 0 Å². The van der Waals surface area contributed by atoms with Gasteiger partial charge in [0.15, 0.2) is 4.80 Å². The highest BCUT2D eigenvalue weighted by molar-refractivity contribution is 8.13. The van der Waals surface area contributed by atoms with Crippen LogP contribution in [0, 0.1) is 18.4 Å². The van der Waals surface area contributed by atoms with E-state index in [-0.39, 0.29) is 0 Å². The average Bonchev–Trinajstić information content (AvgIpc) is 2.49. The molecule has 0 aliphatic carbocycles. The van der Waals surface area contributed by atoms with Gasteiger partial charge in [-0.05, 0) is 13.2 Å². The maximum Gasteiger partial charge on any atom is 0.208 e. The van der Waals surface area contributed by atoms with Crippen molar-refractivity contribution in [3.8, 4) is 6.19 Å². The maximum absolute atomic E-state index is 8.41. The van der Waals surface area contributed by atoms with Crippen molar-refractivity contribution in [3.63, 3.8) is 0 Å². The Balaban J connectivity index is 3.17. The van der Waals surface area contributed by atoms with Crippen molar-refractivity contribution in [1.82, 2.24) is 4.57 Å². The lowest BCUT2D eigenvalue weighted by Crippen LogP contribution is -2.13. The summed E-state index contributed by atoms with van der Waals surface area (Å²) in [5, 5.41) is 10.9. The molecular formula is C8H10N4S2. The van der Waals surface area contributed by atoms with Crippen molar-refractivity contribution in [2.45, 2.75) is 6.92 Å². The fourth-order valence-corrected chi connectivity index (χ4v) is 2.03. The second-order valence-corrected chi connectivity index (χ2v) is 4.14. The molecule has 0 amide bonds. The molecule has 0 spiro atoms. The Bertz CT molecular complexity index is 447. The molecular weight excluding hydrogens is 216 g/mol. The molecule has 74 valence electrons. The van der Waals surface area contributed by atoms with Gasteiger partial charge in [-0.2, -0.15) is 10.3 Å². The van der Waals surface area contributed by atoms with Crippen molar-refractivity contribution < 1.29 is 0 Å². The van der Waals surface area contributed by atoms with Gasteiger partial charge >= 0.3 is 0 Å². The number of amidine groups is 1. The smallest absolute Gasteiger partial charge is 0.208 e. The molecule has 14 heavy (non-hydrogen) atoms. The van der Waals surface area contributed by atoms with E-state index in [0.29, 0.717) is 5.17 Å². The molecule has 1 aromatic heterocycles. The number of aliphatic imine (C=N–C) groups is 1. The standard InChI is InChI=1S/C8H10N4S2/c1-6-4-14-8(12(6)2)11-7(13-3)10-5-9/h4H,1-3H3/b10-7?,11-8+. The van der Waals surface area contributed by atoms with E-state index in [1.807, 2.05) is 30.2 Å². The van der Waals surface area contributed by atoms with Gasteiger partial charge in [0, 0.05) is 18.1 Å². The predicted octanol–water partition coefficient (Wildman–Crippen LogP) is 1.50. The molecule has 0 radical (unpaired) electrons. The van der Waals surface area contributed by atoms with Crippen LogP contribution in [0.1, 0.15) is 5.69 Å². The quantitative estimate of drug-likeness (QED) is 0.382. The second-order valence-electron chi connectivity index (χ2n) is 2.53. The number of aryl methyl sites for hydroxylation is 1. The van der Waals surface area contributed by atoms with Gasteiger partial charge in [0.05, 0.1) is 0 Å². The normalized spacial score (nSPS) is 13.0. The zero-order valence-corrected chi connectivity index (χ0v) is 9.82. The molecule has 0 bridgehead atoms. The van der Waals surface area contributed by atoms with Gasteiger partial charge in [0.2, 0.25) is 11.4 Å². The Morgan fingerprint density at radius 3 is 2.86 bits per heavy atom. The molecule has 0 atom stereocenters. The first-order valence-electron chi connectivity index (χ1n) is 3.85. The molecule has 0 aliphatic heterocycles. The molecule has 0 saturated heterocycles. The summed E-state index contributed by atoms with van der Waals surface area (Å²) in [6.07, 6.45) is 3.58. The van der Waals surface area contributed by atoms with Crippen molar-refractivity contribution in [2.24, 2.45) is 17.0 Å². The first-order chi connectivity index (χ1) is 6.69. The van der Waals surface area contributed by atoms with Crippen LogP contribution in [0.2, 0.25) is 0 Å². The number of thioether (sulfide) groups is 1. The predicted molar refractivity (Wildman–Crippen MR) is 60.2 cm³/mol. The molecule has 1 heterocycles. The third kappa shape index (κ3) is 2.47. The Morgan fingerprint density at radius 2 is 2.43 bits per heavy atom. The van der Waals surface area contributed by atoms with Crippen LogP contribution in [0.5, 0.6) is 0 Å². The summed E-state index contributed by atoms with van der Waals surface area (Å²) >= 11 is 2.90. The number of hydrogen-bond donors (Lipinski definition) is 0. The summed E-state index contributed by atoms with van der Waals surface area (Å²) in [4.78, 5) is 8.71. The Morgan fingerprint density at radius 1 is 1.71 bits per heavy atom. The van der Waals surface area contributed by atoms with Crippen LogP contribution in [0.25, 0.3) is 0 Å². The van der Waals surface area contributed by atoms with E-state index < -0.39 is 0 Å². The number of aromatic nitrogens is 1. The highest BCUT2D eigenvalue weighted by atomic mass is 32.2. The highest BCUT2D eigenvalue weighted by Gasteiger charge is 1.97. The van der Waals surface area contributed by atoms with Crippen molar-refractivity contribution in [3.05, 3.63) is 15.9 Å². The lowest BCUT2D eigenvalue weighted by atomic mass is 10.6. The zero-order chi connectivity index (χ0) is 10.6. The van der Waals surface area contributed by atoms with Gasteiger partial charge in [-0.1, -0.05) is 11.8 Å². The third-order valence-electron chi connectivity index (χ3n) is 1.67. The third-order valence-corrected chi connectivity index (χ3v) is 3.25. The van der Waals surface area contributed by atoms with Crippen molar-refractivity contribution in [2.75, 3.05) is 6.26 Å². The molecule has 0 aromatic carbocycles. The molecule has 0 aliphatic rings. The molecule has 0 fully saturated rings. The van der Waals surface area contributed by atoms with E-state index in [9.17, 15) is 0 Å². The SMILES string of the molecule is CSC(=NC#N)/N=c1/scc(C)n1C. The monoisotopic (exact) mass is 226 g/mol. The van der Waals surface area contributed by atoms with Crippen LogP contribution in [-0.2, 0) is 7.05 Å². The van der Waals surface area contributed by atoms with E-state index in [1.165, 1.54) is 23.1 Å². The number of nitriles is 1. The summed E-state index contributed by atoms with van der Waals surface area (Å²) in [6, 6.07) is 0. The van der Waals surface area contributed by atoms with E-state index in [1.54, 1.807) is 6.19 Å². The summed E-state index contributed by atoms with van der Waals surface area (Å²) < 4.78 is 1.97. The average molecular weight is 226 g/mol. The summed E-state index contributed by atoms with van der Waals surface area (Å²) in [6.45, 7) is 2.01. The van der Waals surface area contributed by atoms with Crippen LogP contribution in [0.4, 0.5) is 0 Å². The molecule has 6 heteroatoms. The Kier molecular flexibility index (Phi) is 3.92. The minimum Gasteiger partial charge on any atom is -0.324 e. The zero-order valence-electron chi connectivity index (χ0n) is 8.18. The molecule has 0 unspecified atom stereocenters. The first-order valence-corrected chi connectivity index (χ1v) is 5.96. The fraction of sp³-hybridized carbons (Fsp3) is 0.375. The summed E-state index contributed by atoms with van der Waals surface area (Å²) in [7, 11) is 1.94. The van der Waals surface area contributed by atoms with E-state index in [2.05, 4.69) is 9.98 Å². The fourth-order valence-electron chi connectivity index (χ4n) is 0.789. The Labute approximate surface area is 90.6 Å². The van der Waals surface area contributed by atoms with Gasteiger partial charge in [-0.3, -0.25) is 0 Å². The van der Waals surface area contributed by atoms with Crippen LogP contribution in [0.3, 0.4) is 0 Å². The van der Waals surface area contributed by atoms with E-state index in [0.717, 1.165) is 10.5 Å². The number of thiazole rings is 1. The van der Waals surface area contributed by atoms with Gasteiger partial charge in [0.1, 0.15) is 0 Å². The number of hydrogen-bond acceptors (Lipinski definition) is 4. The Hall–Kier alpha value is -1.06. The molecule has 0 N–H and O–H groups in total. The largest absolute Gasteiger partial charge is 0.324 e. The molecule has 4 nitrogen and oxygen atoms in total. The van der Waals surface area contributed by atoms with Crippen LogP contribution in [-0.4, -0.2) is 16.0 Å². The lowest BCUT2D eigenvalue weighted by molar-refractivity contribution is 0.838. The number of nitrogens with zero attached hydrogens (tertiary/aromatic N) is 4. The molecule has 1 rings (SSSR count). The van der Waals surface area contributed by atoms with Gasteiger partial charge in [-0.15, -0.1) is 16.3 Å². The first kappa shape index (κ1) is 11.0. The second kappa shape index (κ2) is 4.98. The minimum atomic E-state index is 0.491. The van der Waals surface area contributed by atoms with E-state index in [4.69, 9.17) is 5.26 Å². The lowest BCUT2D eigenvalue weighted by Gasteiger charge is -1.94. The van der Waals surface area contributed by atoms with Crippen molar-refractivity contribution >= 4 is 28.3 Å². The van der Waals surface area contributed by atoms with Crippen LogP contribution in [0.15, 0.2) is 15.4 Å². The highest BCUT2D eigenvalue weighted by Crippen LogP contribution is 2.01. The van der Waals surface area contributed by atoms with E-state index >= 15 is 0 Å². The van der Waals surface area contributed by atoms with Crippen molar-refractivity contribution in [1.29, 1.82) is 5.26 Å². The molecule has 1 aromatic rings. The van der Waals surface area contributed by atoms with Crippen LogP contribution < -0.4 is 4.80 Å². The maximum atomic E-state index is 8.41. The minimum absolute atomic E-state index is 0.491.